The third kappa shape index (κ3) is 2.88. The molecule has 112 valence electrons. The van der Waals surface area contributed by atoms with E-state index in [4.69, 9.17) is 3.40 Å². The van der Waals surface area contributed by atoms with Gasteiger partial charge in [-0.2, -0.15) is 0 Å². The van der Waals surface area contributed by atoms with Gasteiger partial charge in [-0.25, -0.2) is 8.78 Å². The normalized spacial score (nSPS) is 25.0. The third-order valence-electron chi connectivity index (χ3n) is 4.04. The van der Waals surface area contributed by atoms with Crippen molar-refractivity contribution in [2.24, 2.45) is 0 Å². The van der Waals surface area contributed by atoms with E-state index in [0.717, 1.165) is 51.5 Å². The molecule has 3 rings (SSSR count). The number of carbonyl (C=O) groups is 1. The van der Waals surface area contributed by atoms with Crippen molar-refractivity contribution in [2.45, 2.75) is 44.2 Å². The van der Waals surface area contributed by atoms with Crippen molar-refractivity contribution in [1.82, 2.24) is 4.90 Å². The molecule has 2 atom stereocenters. The Morgan fingerprint density at radius 1 is 1.15 bits per heavy atom. The van der Waals surface area contributed by atoms with Crippen LogP contribution in [-0.2, 0) is 28.0 Å². The number of amides is 1. The van der Waals surface area contributed by atoms with Crippen molar-refractivity contribution in [2.75, 3.05) is 0 Å². The molecule has 3 nitrogen and oxygen atoms in total. The quantitative estimate of drug-likeness (QED) is 0.644. The first-order valence-electron chi connectivity index (χ1n) is 6.56. The topological polar surface area (TPSA) is 37.4 Å². The van der Waals surface area contributed by atoms with E-state index in [-0.39, 0.29) is 18.0 Å². The van der Waals surface area contributed by atoms with Gasteiger partial charge < -0.3 is 4.90 Å². The van der Waals surface area contributed by atoms with Gasteiger partial charge in [0.05, 0.1) is 6.04 Å². The molecule has 1 aromatic carbocycles. The Bertz CT molecular complexity index is 512. The molecule has 0 aliphatic carbocycles. The van der Waals surface area contributed by atoms with Crippen molar-refractivity contribution in [1.29, 1.82) is 0 Å². The Morgan fingerprint density at radius 3 is 2.60 bits per heavy atom. The first kappa shape index (κ1) is 15.4. The van der Waals surface area contributed by atoms with Gasteiger partial charge >= 0.3 is 23.2 Å². The number of halogens is 2. The van der Waals surface area contributed by atoms with E-state index in [2.05, 4.69) is 0 Å². The van der Waals surface area contributed by atoms with Crippen molar-refractivity contribution >= 4 is 5.91 Å². The molecule has 2 fully saturated rings. The predicted octanol–water partition coefficient (Wildman–Crippen LogP) is 3.06. The zero-order valence-corrected chi connectivity index (χ0v) is 13.0. The molecule has 1 amide bonds. The van der Waals surface area contributed by atoms with Gasteiger partial charge in [0.15, 0.2) is 0 Å². The summed E-state index contributed by atoms with van der Waals surface area (Å²) >= 11 is 0.889. The second-order valence-electron chi connectivity index (χ2n) is 5.11. The summed E-state index contributed by atoms with van der Waals surface area (Å²) in [6, 6.07) is 3.68. The number of fused-ring (bicyclic) bond motifs is 1. The van der Waals surface area contributed by atoms with Crippen LogP contribution in [-0.4, -0.2) is 16.8 Å². The molecule has 0 N–H and O–H groups in total. The molecule has 2 heterocycles. The van der Waals surface area contributed by atoms with Gasteiger partial charge in [-0.15, -0.1) is 0 Å². The van der Waals surface area contributed by atoms with Crippen molar-refractivity contribution in [3.63, 3.8) is 0 Å². The molecule has 0 saturated carbocycles. The summed E-state index contributed by atoms with van der Waals surface area (Å²) in [5.74, 6) is -1.01. The number of hydrogen-bond acceptors (Lipinski definition) is 2. The average Bonchev–Trinajstić information content (AvgIpc) is 2.86. The van der Waals surface area contributed by atoms with Crippen LogP contribution < -0.4 is 0 Å². The summed E-state index contributed by atoms with van der Waals surface area (Å²) in [5.41, 5.74) is 0.453. The van der Waals surface area contributed by atoms with Crippen LogP contribution in [0.2, 0.25) is 0 Å². The van der Waals surface area contributed by atoms with E-state index in [1.54, 1.807) is 0 Å². The van der Waals surface area contributed by atoms with Crippen LogP contribution in [0.5, 0.6) is 0 Å². The summed E-state index contributed by atoms with van der Waals surface area (Å²) < 4.78 is 35.0. The molecule has 6 heteroatoms. The molecule has 0 unspecified atom stereocenters. The summed E-state index contributed by atoms with van der Waals surface area (Å²) in [7, 11) is 0. The molecule has 0 bridgehead atoms. The number of hydrogen-bond donors (Lipinski definition) is 0. The van der Waals surface area contributed by atoms with Crippen LogP contribution >= 0.6 is 0 Å². The maximum absolute atomic E-state index is 13.8. The van der Waals surface area contributed by atoms with Gasteiger partial charge in [-0.1, -0.05) is 6.07 Å². The molecular weight excluding hydrogens is 447 g/mol. The maximum atomic E-state index is 13.8. The Labute approximate surface area is 127 Å². The molecule has 2 saturated heterocycles. The van der Waals surface area contributed by atoms with Crippen LogP contribution in [0.25, 0.3) is 0 Å². The summed E-state index contributed by atoms with van der Waals surface area (Å²) in [5, 5.41) is 0. The van der Waals surface area contributed by atoms with E-state index in [1.807, 2.05) is 4.90 Å². The second kappa shape index (κ2) is 6.66. The molecular formula is C14H15F2NO2Pt. The Kier molecular flexibility index (Phi) is 5.14. The number of carbonyl (C=O) groups excluding carboxylic acids is 1. The minimum absolute atomic E-state index is 0.109. The number of rotatable bonds is 1. The Hall–Kier alpha value is -0.962. The molecule has 1 aromatic rings. The van der Waals surface area contributed by atoms with Gasteiger partial charge in [-0.05, 0) is 31.7 Å². The fraction of sp³-hybridized carbons (Fsp3) is 0.500. The predicted molar refractivity (Wildman–Crippen MR) is 63.5 cm³/mol. The summed E-state index contributed by atoms with van der Waals surface area (Å²) in [6.07, 6.45) is 4.19. The fourth-order valence-corrected chi connectivity index (χ4v) is 3.24. The summed E-state index contributed by atoms with van der Waals surface area (Å²) in [4.78, 5) is 13.8. The second-order valence-corrected chi connectivity index (χ2v) is 5.11. The van der Waals surface area contributed by atoms with Gasteiger partial charge in [0.1, 0.15) is 11.6 Å². The Morgan fingerprint density at radius 2 is 1.90 bits per heavy atom. The first-order chi connectivity index (χ1) is 9.66. The standard InChI is InChI=1S/C14H15F2NO.O.Pt/c15-9-4-6-11(12(16)8-9)13-7-5-10-2-1-3-14(18)17(10)13;;/h4,6,8,10,13H,1-3,5,7H2;;/t10-,13-;;/m0../s1. The SMILES string of the molecule is O=C1CCC[C@H]2CC[C@@H](c3ccc(F)cc3F)N12.[O]=[Pt]. The number of benzene rings is 1. The van der Waals surface area contributed by atoms with Crippen molar-refractivity contribution in [3.8, 4) is 0 Å². The summed E-state index contributed by atoms with van der Waals surface area (Å²) in [6.45, 7) is 0. The number of piperidine rings is 1. The van der Waals surface area contributed by atoms with E-state index >= 15 is 0 Å². The van der Waals surface area contributed by atoms with E-state index < -0.39 is 11.6 Å². The molecule has 2 aliphatic heterocycles. The van der Waals surface area contributed by atoms with E-state index in [0.29, 0.717) is 12.0 Å². The minimum atomic E-state index is -0.573. The van der Waals surface area contributed by atoms with Crippen LogP contribution in [0.4, 0.5) is 8.78 Å². The zero-order valence-electron chi connectivity index (χ0n) is 10.8. The van der Waals surface area contributed by atoms with Gasteiger partial charge in [0, 0.05) is 24.1 Å². The van der Waals surface area contributed by atoms with Crippen molar-refractivity contribution < 1.29 is 36.8 Å². The van der Waals surface area contributed by atoms with E-state index in [9.17, 15) is 13.6 Å². The zero-order chi connectivity index (χ0) is 14.7. The first-order valence-corrected chi connectivity index (χ1v) is 7.48. The number of nitrogens with zero attached hydrogens (tertiary/aromatic N) is 1. The molecule has 0 spiro atoms. The monoisotopic (exact) mass is 462 g/mol. The average molecular weight is 462 g/mol. The Balaban J connectivity index is 0.000000704. The molecule has 2 aliphatic rings. The molecule has 0 radical (unpaired) electrons. The molecule has 0 aromatic heterocycles. The van der Waals surface area contributed by atoms with Gasteiger partial charge in [0.25, 0.3) is 0 Å². The molecule has 20 heavy (non-hydrogen) atoms. The van der Waals surface area contributed by atoms with Crippen LogP contribution in [0.3, 0.4) is 0 Å². The van der Waals surface area contributed by atoms with Crippen LogP contribution in [0.1, 0.15) is 43.7 Å². The van der Waals surface area contributed by atoms with Crippen LogP contribution in [0.15, 0.2) is 18.2 Å². The van der Waals surface area contributed by atoms with Gasteiger partial charge in [-0.3, -0.25) is 4.79 Å². The van der Waals surface area contributed by atoms with Gasteiger partial charge in [0.2, 0.25) is 5.91 Å². The van der Waals surface area contributed by atoms with Crippen molar-refractivity contribution in [3.05, 3.63) is 35.4 Å². The van der Waals surface area contributed by atoms with Crippen LogP contribution in [0, 0.1) is 11.6 Å². The fourth-order valence-electron chi connectivity index (χ4n) is 3.24. The van der Waals surface area contributed by atoms with E-state index in [1.165, 1.54) is 12.1 Å². The third-order valence-corrected chi connectivity index (χ3v) is 4.04.